The fourth-order valence-electron chi connectivity index (χ4n) is 2.61. The number of nitrogens with zero attached hydrogens (tertiary/aromatic N) is 1. The maximum absolute atomic E-state index is 13.8. The third-order valence-electron chi connectivity index (χ3n) is 3.51. The molecule has 0 spiro atoms. The van der Waals surface area contributed by atoms with Crippen LogP contribution in [0.2, 0.25) is 0 Å². The van der Waals surface area contributed by atoms with Gasteiger partial charge in [-0.3, -0.25) is 0 Å². The van der Waals surface area contributed by atoms with Crippen LogP contribution in [0.1, 0.15) is 36.4 Å². The number of benzene rings is 1. The number of aromatic nitrogens is 1. The molecule has 3 rings (SSSR count). The van der Waals surface area contributed by atoms with Gasteiger partial charge >= 0.3 is 0 Å². The van der Waals surface area contributed by atoms with Crippen molar-refractivity contribution in [2.24, 2.45) is 0 Å². The van der Waals surface area contributed by atoms with Crippen molar-refractivity contribution < 1.29 is 4.39 Å². The number of nitrogens with one attached hydrogen (secondary N) is 1. The van der Waals surface area contributed by atoms with Crippen LogP contribution in [-0.2, 0) is 6.42 Å². The Morgan fingerprint density at radius 3 is 3.05 bits per heavy atom. The fourth-order valence-corrected chi connectivity index (χ4v) is 3.86. The van der Waals surface area contributed by atoms with Crippen LogP contribution in [0.4, 0.5) is 4.39 Å². The standard InChI is InChI=1S/C15H17FN2S/c1-2-17-12-8-5-9-13-14(12)19-15(18-13)10-6-3-4-7-11(10)16/h3-4,6-7,12,17H,2,5,8-9H2,1H3. The van der Waals surface area contributed by atoms with Gasteiger partial charge in [0, 0.05) is 16.5 Å². The Morgan fingerprint density at radius 2 is 2.26 bits per heavy atom. The van der Waals surface area contributed by atoms with E-state index >= 15 is 0 Å². The number of thiazole rings is 1. The van der Waals surface area contributed by atoms with Gasteiger partial charge < -0.3 is 5.32 Å². The highest BCUT2D eigenvalue weighted by molar-refractivity contribution is 7.15. The lowest BCUT2D eigenvalue weighted by atomic mass is 9.98. The van der Waals surface area contributed by atoms with Crippen LogP contribution in [0.5, 0.6) is 0 Å². The summed E-state index contributed by atoms with van der Waals surface area (Å²) in [7, 11) is 0. The van der Waals surface area contributed by atoms with Crippen molar-refractivity contribution in [1.82, 2.24) is 10.3 Å². The molecule has 0 fully saturated rings. The van der Waals surface area contributed by atoms with E-state index in [9.17, 15) is 4.39 Å². The molecule has 1 atom stereocenters. The molecule has 0 saturated heterocycles. The van der Waals surface area contributed by atoms with E-state index < -0.39 is 0 Å². The van der Waals surface area contributed by atoms with Gasteiger partial charge in [0.05, 0.1) is 5.69 Å². The molecule has 100 valence electrons. The van der Waals surface area contributed by atoms with E-state index in [0.29, 0.717) is 11.6 Å². The second kappa shape index (κ2) is 5.39. The molecule has 19 heavy (non-hydrogen) atoms. The van der Waals surface area contributed by atoms with Crippen LogP contribution in [0.15, 0.2) is 24.3 Å². The van der Waals surface area contributed by atoms with Gasteiger partial charge in [-0.15, -0.1) is 11.3 Å². The summed E-state index contributed by atoms with van der Waals surface area (Å²) in [5, 5.41) is 4.31. The van der Waals surface area contributed by atoms with Crippen molar-refractivity contribution in [3.05, 3.63) is 40.7 Å². The van der Waals surface area contributed by atoms with Crippen molar-refractivity contribution in [3.63, 3.8) is 0 Å². The number of fused-ring (bicyclic) bond motifs is 1. The van der Waals surface area contributed by atoms with E-state index in [1.54, 1.807) is 17.4 Å². The number of rotatable bonds is 3. The Bertz CT molecular complexity index is 579. The molecule has 1 aromatic carbocycles. The van der Waals surface area contributed by atoms with Gasteiger partial charge in [0.15, 0.2) is 0 Å². The average Bonchev–Trinajstić information content (AvgIpc) is 2.84. The molecule has 1 unspecified atom stereocenters. The van der Waals surface area contributed by atoms with E-state index in [1.807, 2.05) is 12.1 Å². The van der Waals surface area contributed by atoms with E-state index in [0.717, 1.165) is 36.5 Å². The van der Waals surface area contributed by atoms with Crippen LogP contribution >= 0.6 is 11.3 Å². The van der Waals surface area contributed by atoms with Crippen molar-refractivity contribution >= 4 is 11.3 Å². The van der Waals surface area contributed by atoms with Crippen LogP contribution in [-0.4, -0.2) is 11.5 Å². The van der Waals surface area contributed by atoms with Gasteiger partial charge in [-0.25, -0.2) is 9.37 Å². The van der Waals surface area contributed by atoms with Crippen molar-refractivity contribution in [3.8, 4) is 10.6 Å². The fraction of sp³-hybridized carbons (Fsp3) is 0.400. The predicted octanol–water partition coefficient (Wildman–Crippen LogP) is 3.94. The molecule has 0 aliphatic heterocycles. The molecule has 0 radical (unpaired) electrons. The molecule has 1 N–H and O–H groups in total. The average molecular weight is 276 g/mol. The summed E-state index contributed by atoms with van der Waals surface area (Å²) in [6.07, 6.45) is 3.33. The molecule has 1 aliphatic carbocycles. The molecule has 1 aromatic heterocycles. The topological polar surface area (TPSA) is 24.9 Å². The van der Waals surface area contributed by atoms with Crippen molar-refractivity contribution in [1.29, 1.82) is 0 Å². The quantitative estimate of drug-likeness (QED) is 0.918. The lowest BCUT2D eigenvalue weighted by Gasteiger charge is -2.21. The highest BCUT2D eigenvalue weighted by Crippen LogP contribution is 2.38. The highest BCUT2D eigenvalue weighted by Gasteiger charge is 2.24. The summed E-state index contributed by atoms with van der Waals surface area (Å²) >= 11 is 1.64. The van der Waals surface area contributed by atoms with Crippen LogP contribution in [0, 0.1) is 5.82 Å². The largest absolute Gasteiger partial charge is 0.309 e. The second-order valence-corrected chi connectivity index (χ2v) is 5.84. The van der Waals surface area contributed by atoms with Gasteiger partial charge in [-0.2, -0.15) is 0 Å². The third kappa shape index (κ3) is 2.42. The van der Waals surface area contributed by atoms with Gasteiger partial charge in [-0.1, -0.05) is 19.1 Å². The normalized spacial score (nSPS) is 18.3. The molecule has 2 nitrogen and oxygen atoms in total. The van der Waals surface area contributed by atoms with Gasteiger partial charge in [0.2, 0.25) is 0 Å². The lowest BCUT2D eigenvalue weighted by Crippen LogP contribution is -2.23. The molecule has 0 saturated carbocycles. The molecule has 2 aromatic rings. The first-order valence-electron chi connectivity index (χ1n) is 6.77. The summed E-state index contributed by atoms with van der Waals surface area (Å²) in [5.74, 6) is -0.186. The number of aryl methyl sites for hydroxylation is 1. The van der Waals surface area contributed by atoms with E-state index in [-0.39, 0.29) is 5.82 Å². The monoisotopic (exact) mass is 276 g/mol. The van der Waals surface area contributed by atoms with Gasteiger partial charge in [-0.05, 0) is 37.9 Å². The number of hydrogen-bond acceptors (Lipinski definition) is 3. The number of halogens is 1. The van der Waals surface area contributed by atoms with Crippen molar-refractivity contribution in [2.75, 3.05) is 6.54 Å². The predicted molar refractivity (Wildman–Crippen MR) is 76.9 cm³/mol. The molecular formula is C15H17FN2S. The zero-order valence-corrected chi connectivity index (χ0v) is 11.8. The Morgan fingerprint density at radius 1 is 1.42 bits per heavy atom. The zero-order chi connectivity index (χ0) is 13.2. The zero-order valence-electron chi connectivity index (χ0n) is 10.9. The van der Waals surface area contributed by atoms with Crippen molar-refractivity contribution in [2.45, 2.75) is 32.2 Å². The molecule has 0 bridgehead atoms. The molecule has 4 heteroatoms. The first-order valence-corrected chi connectivity index (χ1v) is 7.59. The van der Waals surface area contributed by atoms with E-state index in [4.69, 9.17) is 0 Å². The van der Waals surface area contributed by atoms with Gasteiger partial charge in [0.25, 0.3) is 0 Å². The lowest BCUT2D eigenvalue weighted by molar-refractivity contribution is 0.476. The summed E-state index contributed by atoms with van der Waals surface area (Å²) in [4.78, 5) is 5.95. The maximum Gasteiger partial charge on any atom is 0.133 e. The minimum Gasteiger partial charge on any atom is -0.309 e. The summed E-state index contributed by atoms with van der Waals surface area (Å²) in [5.41, 5.74) is 1.78. The summed E-state index contributed by atoms with van der Waals surface area (Å²) in [6.45, 7) is 3.07. The summed E-state index contributed by atoms with van der Waals surface area (Å²) in [6, 6.07) is 7.28. The third-order valence-corrected chi connectivity index (χ3v) is 4.75. The molecule has 1 aliphatic rings. The highest BCUT2D eigenvalue weighted by atomic mass is 32.1. The van der Waals surface area contributed by atoms with Gasteiger partial charge in [0.1, 0.15) is 10.8 Å². The maximum atomic E-state index is 13.8. The molecule has 0 amide bonds. The Kier molecular flexibility index (Phi) is 3.62. The molecule has 1 heterocycles. The van der Waals surface area contributed by atoms with E-state index in [2.05, 4.69) is 17.2 Å². The first-order chi connectivity index (χ1) is 9.29. The smallest absolute Gasteiger partial charge is 0.133 e. The number of hydrogen-bond donors (Lipinski definition) is 1. The van der Waals surface area contributed by atoms with E-state index in [1.165, 1.54) is 10.9 Å². The van der Waals surface area contributed by atoms with Crippen LogP contribution in [0.25, 0.3) is 10.6 Å². The van der Waals surface area contributed by atoms with Crippen LogP contribution in [0.3, 0.4) is 0 Å². The molecular weight excluding hydrogens is 259 g/mol. The first kappa shape index (κ1) is 12.8. The minimum absolute atomic E-state index is 0.186. The Labute approximate surface area is 116 Å². The Hall–Kier alpha value is -1.26. The minimum atomic E-state index is -0.186. The van der Waals surface area contributed by atoms with Crippen LogP contribution < -0.4 is 5.32 Å². The Balaban J connectivity index is 2.00. The SMILES string of the molecule is CCNC1CCCc2nc(-c3ccccc3F)sc21. The second-order valence-electron chi connectivity index (χ2n) is 4.81. The summed E-state index contributed by atoms with van der Waals surface area (Å²) < 4.78 is 13.8.